The number of nitrogens with one attached hydrogen (secondary N) is 2. The standard InChI is InChI=1S/C13H21N3O2S/c1-10-4-2-3-5-11(10)18-8-6-14-12(17)16-13-15-7-9-19-13/h7,9-11H,2-6,8H2,1H3,(H2,14,15,16,17)/t10-,11-/m0/s1. The highest BCUT2D eigenvalue weighted by atomic mass is 32.1. The van der Waals surface area contributed by atoms with Crippen molar-refractivity contribution in [2.24, 2.45) is 5.92 Å². The van der Waals surface area contributed by atoms with E-state index in [0.717, 1.165) is 6.42 Å². The lowest BCUT2D eigenvalue weighted by molar-refractivity contribution is -0.00232. The molecule has 1 heterocycles. The Hall–Kier alpha value is -1.14. The third-order valence-electron chi connectivity index (χ3n) is 3.41. The van der Waals surface area contributed by atoms with Crippen molar-refractivity contribution in [2.75, 3.05) is 18.5 Å². The maximum Gasteiger partial charge on any atom is 0.321 e. The van der Waals surface area contributed by atoms with E-state index in [4.69, 9.17) is 4.74 Å². The van der Waals surface area contributed by atoms with Gasteiger partial charge in [0, 0.05) is 18.1 Å². The Bertz CT molecular complexity index is 383. The zero-order valence-corrected chi connectivity index (χ0v) is 12.0. The van der Waals surface area contributed by atoms with Gasteiger partial charge in [-0.05, 0) is 18.8 Å². The van der Waals surface area contributed by atoms with Gasteiger partial charge in [-0.1, -0.05) is 19.8 Å². The van der Waals surface area contributed by atoms with Crippen molar-refractivity contribution >= 4 is 22.5 Å². The summed E-state index contributed by atoms with van der Waals surface area (Å²) in [6, 6.07) is -0.227. The van der Waals surface area contributed by atoms with Crippen LogP contribution in [0.1, 0.15) is 32.6 Å². The van der Waals surface area contributed by atoms with Crippen LogP contribution in [-0.4, -0.2) is 30.3 Å². The molecule has 0 radical (unpaired) electrons. The van der Waals surface area contributed by atoms with Gasteiger partial charge in [-0.3, -0.25) is 5.32 Å². The normalized spacial score (nSPS) is 23.0. The van der Waals surface area contributed by atoms with Crippen LogP contribution in [0.4, 0.5) is 9.93 Å². The van der Waals surface area contributed by atoms with Gasteiger partial charge in [-0.2, -0.15) is 0 Å². The number of hydrogen-bond acceptors (Lipinski definition) is 4. The number of ether oxygens (including phenoxy) is 1. The quantitative estimate of drug-likeness (QED) is 0.817. The summed E-state index contributed by atoms with van der Waals surface area (Å²) in [5.74, 6) is 0.637. The fourth-order valence-electron chi connectivity index (χ4n) is 2.33. The lowest BCUT2D eigenvalue weighted by atomic mass is 9.88. The Morgan fingerprint density at radius 3 is 3.11 bits per heavy atom. The van der Waals surface area contributed by atoms with Gasteiger partial charge in [0.25, 0.3) is 0 Å². The number of rotatable bonds is 5. The van der Waals surface area contributed by atoms with Crippen molar-refractivity contribution in [2.45, 2.75) is 38.7 Å². The molecular formula is C13H21N3O2S. The predicted octanol–water partition coefficient (Wildman–Crippen LogP) is 2.86. The fourth-order valence-corrected chi connectivity index (χ4v) is 2.86. The molecule has 1 aromatic heterocycles. The highest BCUT2D eigenvalue weighted by molar-refractivity contribution is 7.13. The van der Waals surface area contributed by atoms with Crippen LogP contribution >= 0.6 is 11.3 Å². The second-order valence-electron chi connectivity index (χ2n) is 4.89. The molecule has 6 heteroatoms. The Kier molecular flexibility index (Phi) is 5.60. The summed E-state index contributed by atoms with van der Waals surface area (Å²) in [6.45, 7) is 3.34. The van der Waals surface area contributed by atoms with Gasteiger partial charge in [0.05, 0.1) is 12.7 Å². The molecule has 2 N–H and O–H groups in total. The second-order valence-corrected chi connectivity index (χ2v) is 5.78. The van der Waals surface area contributed by atoms with E-state index in [-0.39, 0.29) is 6.03 Å². The summed E-state index contributed by atoms with van der Waals surface area (Å²) >= 11 is 1.40. The summed E-state index contributed by atoms with van der Waals surface area (Å²) in [6.07, 6.45) is 6.99. The molecule has 1 aliphatic rings. The molecule has 2 atom stereocenters. The number of anilines is 1. The summed E-state index contributed by atoms with van der Waals surface area (Å²) in [7, 11) is 0. The summed E-state index contributed by atoms with van der Waals surface area (Å²) < 4.78 is 5.83. The molecule has 1 saturated carbocycles. The van der Waals surface area contributed by atoms with Crippen LogP contribution in [0.2, 0.25) is 0 Å². The first-order valence-corrected chi connectivity index (χ1v) is 7.69. The Balaban J connectivity index is 1.57. The van der Waals surface area contributed by atoms with Crippen LogP contribution in [-0.2, 0) is 4.74 Å². The SMILES string of the molecule is C[C@H]1CCCC[C@@H]1OCCNC(=O)Nc1nccs1. The Morgan fingerprint density at radius 1 is 1.53 bits per heavy atom. The Labute approximate surface area is 117 Å². The molecule has 1 aliphatic carbocycles. The van der Waals surface area contributed by atoms with Crippen molar-refractivity contribution in [3.8, 4) is 0 Å². The van der Waals surface area contributed by atoms with Crippen molar-refractivity contribution < 1.29 is 9.53 Å². The maximum absolute atomic E-state index is 11.5. The summed E-state index contributed by atoms with van der Waals surface area (Å²) in [5.41, 5.74) is 0. The summed E-state index contributed by atoms with van der Waals surface area (Å²) in [5, 5.41) is 7.87. The van der Waals surface area contributed by atoms with Crippen LogP contribution in [0, 0.1) is 5.92 Å². The first-order chi connectivity index (χ1) is 9.25. The molecule has 19 heavy (non-hydrogen) atoms. The van der Waals surface area contributed by atoms with Gasteiger partial charge in [-0.25, -0.2) is 9.78 Å². The van der Waals surface area contributed by atoms with E-state index in [2.05, 4.69) is 22.5 Å². The van der Waals surface area contributed by atoms with Crippen molar-refractivity contribution in [3.63, 3.8) is 0 Å². The number of amides is 2. The number of aromatic nitrogens is 1. The molecule has 0 saturated heterocycles. The number of hydrogen-bond donors (Lipinski definition) is 2. The first kappa shape index (κ1) is 14.3. The smallest absolute Gasteiger partial charge is 0.321 e. The van der Waals surface area contributed by atoms with E-state index in [1.165, 1.54) is 30.6 Å². The van der Waals surface area contributed by atoms with Crippen molar-refractivity contribution in [3.05, 3.63) is 11.6 Å². The minimum absolute atomic E-state index is 0.227. The van der Waals surface area contributed by atoms with Crippen LogP contribution in [0.25, 0.3) is 0 Å². The molecule has 0 aromatic carbocycles. The fraction of sp³-hybridized carbons (Fsp3) is 0.692. The van der Waals surface area contributed by atoms with Gasteiger partial charge >= 0.3 is 6.03 Å². The van der Waals surface area contributed by atoms with E-state index in [0.29, 0.717) is 30.3 Å². The molecule has 2 rings (SSSR count). The van der Waals surface area contributed by atoms with Crippen molar-refractivity contribution in [1.29, 1.82) is 0 Å². The van der Waals surface area contributed by atoms with Gasteiger partial charge in [-0.15, -0.1) is 11.3 Å². The number of carbonyl (C=O) groups is 1. The lowest BCUT2D eigenvalue weighted by Crippen LogP contribution is -2.34. The topological polar surface area (TPSA) is 63.2 Å². The minimum Gasteiger partial charge on any atom is -0.376 e. The number of urea groups is 1. The van der Waals surface area contributed by atoms with E-state index in [1.54, 1.807) is 6.20 Å². The zero-order valence-electron chi connectivity index (χ0n) is 11.2. The molecular weight excluding hydrogens is 262 g/mol. The van der Waals surface area contributed by atoms with Crippen LogP contribution < -0.4 is 10.6 Å². The first-order valence-electron chi connectivity index (χ1n) is 6.81. The van der Waals surface area contributed by atoms with Crippen LogP contribution in [0.5, 0.6) is 0 Å². The maximum atomic E-state index is 11.5. The van der Waals surface area contributed by atoms with Gasteiger partial charge in [0.15, 0.2) is 5.13 Å². The molecule has 0 unspecified atom stereocenters. The third-order valence-corrected chi connectivity index (χ3v) is 4.09. The zero-order chi connectivity index (χ0) is 13.5. The molecule has 2 amide bonds. The monoisotopic (exact) mass is 283 g/mol. The second kappa shape index (κ2) is 7.45. The van der Waals surface area contributed by atoms with Crippen LogP contribution in [0.3, 0.4) is 0 Å². The van der Waals surface area contributed by atoms with E-state index in [1.807, 2.05) is 5.38 Å². The molecule has 5 nitrogen and oxygen atoms in total. The number of carbonyl (C=O) groups excluding carboxylic acids is 1. The molecule has 0 aliphatic heterocycles. The summed E-state index contributed by atoms with van der Waals surface area (Å²) in [4.78, 5) is 15.5. The van der Waals surface area contributed by atoms with E-state index < -0.39 is 0 Å². The largest absolute Gasteiger partial charge is 0.376 e. The van der Waals surface area contributed by atoms with Gasteiger partial charge in [0.2, 0.25) is 0 Å². The predicted molar refractivity (Wildman–Crippen MR) is 76.5 cm³/mol. The average Bonchev–Trinajstić information content (AvgIpc) is 2.89. The number of thiazole rings is 1. The molecule has 0 spiro atoms. The van der Waals surface area contributed by atoms with Gasteiger partial charge in [0.1, 0.15) is 0 Å². The van der Waals surface area contributed by atoms with E-state index in [9.17, 15) is 4.79 Å². The highest BCUT2D eigenvalue weighted by Crippen LogP contribution is 2.25. The average molecular weight is 283 g/mol. The molecule has 106 valence electrons. The molecule has 0 bridgehead atoms. The highest BCUT2D eigenvalue weighted by Gasteiger charge is 2.21. The molecule has 1 aromatic rings. The minimum atomic E-state index is -0.227. The number of nitrogens with zero attached hydrogens (tertiary/aromatic N) is 1. The van der Waals surface area contributed by atoms with Gasteiger partial charge < -0.3 is 10.1 Å². The van der Waals surface area contributed by atoms with Crippen molar-refractivity contribution in [1.82, 2.24) is 10.3 Å². The third kappa shape index (κ3) is 4.80. The molecule has 1 fully saturated rings. The van der Waals surface area contributed by atoms with Crippen LogP contribution in [0.15, 0.2) is 11.6 Å². The Morgan fingerprint density at radius 2 is 2.37 bits per heavy atom. The van der Waals surface area contributed by atoms with E-state index >= 15 is 0 Å². The lowest BCUT2D eigenvalue weighted by Gasteiger charge is -2.28.